The molecule has 6 aromatic rings. The summed E-state index contributed by atoms with van der Waals surface area (Å²) >= 11 is 0. The van der Waals surface area contributed by atoms with Gasteiger partial charge in [-0.2, -0.15) is 0 Å². The van der Waals surface area contributed by atoms with Crippen LogP contribution in [0.5, 0.6) is 0 Å². The Morgan fingerprint density at radius 1 is 0.444 bits per heavy atom. The first kappa shape index (κ1) is 20.1. The zero-order valence-corrected chi connectivity index (χ0v) is 19.4. The van der Waals surface area contributed by atoms with Gasteiger partial charge >= 0.3 is 13.8 Å². The third-order valence-electron chi connectivity index (χ3n) is 8.00. The molecule has 0 bridgehead atoms. The summed E-state index contributed by atoms with van der Waals surface area (Å²) in [4.78, 5) is 0. The minimum Gasteiger partial charge on any atom is -0.443 e. The molecule has 0 saturated carbocycles. The second-order valence-electron chi connectivity index (χ2n) is 9.92. The molecule has 2 aliphatic rings. The lowest BCUT2D eigenvalue weighted by molar-refractivity contribution is 0.601. The van der Waals surface area contributed by atoms with Crippen LogP contribution in [-0.2, 0) is 0 Å². The lowest BCUT2D eigenvalue weighted by atomic mass is 9.48. The van der Waals surface area contributed by atoms with Gasteiger partial charge in [-0.05, 0) is 76.4 Å². The van der Waals surface area contributed by atoms with Gasteiger partial charge in [0.2, 0.25) is 0 Å². The van der Waals surface area contributed by atoms with Crippen LogP contribution in [0.4, 0.5) is 0 Å². The normalized spacial score (nSPS) is 14.6. The fourth-order valence-corrected chi connectivity index (χ4v) is 6.39. The molecule has 2 heterocycles. The zero-order valence-electron chi connectivity index (χ0n) is 19.4. The first-order valence-corrected chi connectivity index (χ1v) is 12.4. The lowest BCUT2D eigenvalue weighted by Gasteiger charge is -2.27. The second-order valence-corrected chi connectivity index (χ2v) is 9.92. The maximum Gasteiger partial charge on any atom is 0.360 e. The average molecular weight is 458 g/mol. The highest BCUT2D eigenvalue weighted by Gasteiger charge is 2.33. The van der Waals surface area contributed by atoms with Crippen molar-refractivity contribution >= 4 is 80.2 Å². The van der Waals surface area contributed by atoms with E-state index in [0.717, 1.165) is 65.7 Å². The summed E-state index contributed by atoms with van der Waals surface area (Å²) in [5, 5.41) is 29.9. The Labute approximate surface area is 209 Å². The number of hydrogen-bond acceptors (Lipinski definition) is 2. The van der Waals surface area contributed by atoms with E-state index in [2.05, 4.69) is 72.8 Å². The summed E-state index contributed by atoms with van der Waals surface area (Å²) in [6.45, 7) is -1.40. The van der Waals surface area contributed by atoms with Gasteiger partial charge in [-0.15, -0.1) is 0 Å². The molecule has 0 atom stereocenters. The molecular weight excluding hydrogens is 438 g/mol. The van der Waals surface area contributed by atoms with Crippen LogP contribution in [0.15, 0.2) is 97.1 Å². The fraction of sp³-hybridized carbons (Fsp3) is 0. The van der Waals surface area contributed by atoms with Gasteiger partial charge in [-0.1, -0.05) is 109 Å². The standard InChI is InChI=1S/C32H20B2O2/c35-33-25(19-7-3-1-4-8-19)15-21-11-13-24-18-28-30-22(16-26(34(28)36)20-9-5-2-6-10-20)12-14-23-17-27(33)29(21)31(24)32(23)30/h1-18,35-36H. The van der Waals surface area contributed by atoms with Gasteiger partial charge < -0.3 is 10.0 Å². The van der Waals surface area contributed by atoms with Gasteiger partial charge in [0, 0.05) is 0 Å². The van der Waals surface area contributed by atoms with E-state index >= 15 is 0 Å². The van der Waals surface area contributed by atoms with E-state index in [1.165, 1.54) is 10.8 Å². The molecule has 0 radical (unpaired) electrons. The van der Waals surface area contributed by atoms with Crippen LogP contribution in [0, 0.1) is 0 Å². The smallest absolute Gasteiger partial charge is 0.360 e. The highest BCUT2D eigenvalue weighted by atomic mass is 16.2. The summed E-state index contributed by atoms with van der Waals surface area (Å²) in [7, 11) is 0. The molecule has 0 unspecified atom stereocenters. The molecular formula is C32H20B2O2. The Morgan fingerprint density at radius 2 is 0.861 bits per heavy atom. The molecule has 0 spiro atoms. The predicted octanol–water partition coefficient (Wildman–Crippen LogP) is 5.15. The summed E-state index contributed by atoms with van der Waals surface area (Å²) in [6.07, 6.45) is 4.27. The predicted molar refractivity (Wildman–Crippen MR) is 154 cm³/mol. The molecule has 36 heavy (non-hydrogen) atoms. The van der Waals surface area contributed by atoms with E-state index in [4.69, 9.17) is 0 Å². The maximum absolute atomic E-state index is 11.6. The Kier molecular flexibility index (Phi) is 4.03. The van der Waals surface area contributed by atoms with E-state index in [1.54, 1.807) is 0 Å². The van der Waals surface area contributed by atoms with E-state index in [0.29, 0.717) is 0 Å². The summed E-state index contributed by atoms with van der Waals surface area (Å²) < 4.78 is 0. The number of hydrogen-bond donors (Lipinski definition) is 2. The van der Waals surface area contributed by atoms with E-state index in [1.807, 2.05) is 36.4 Å². The maximum atomic E-state index is 11.6. The molecule has 2 N–H and O–H groups in total. The van der Waals surface area contributed by atoms with Crippen LogP contribution in [0.25, 0.3) is 55.4 Å². The van der Waals surface area contributed by atoms with Crippen molar-refractivity contribution in [1.82, 2.24) is 0 Å². The van der Waals surface area contributed by atoms with Crippen molar-refractivity contribution < 1.29 is 10.0 Å². The highest BCUT2D eigenvalue weighted by Crippen LogP contribution is 2.41. The van der Waals surface area contributed by atoms with Gasteiger partial charge in [0.1, 0.15) is 0 Å². The van der Waals surface area contributed by atoms with Crippen molar-refractivity contribution in [3.63, 3.8) is 0 Å². The van der Waals surface area contributed by atoms with Gasteiger partial charge in [0.25, 0.3) is 0 Å². The highest BCUT2D eigenvalue weighted by molar-refractivity contribution is 6.89. The quantitative estimate of drug-likeness (QED) is 0.279. The van der Waals surface area contributed by atoms with Crippen LogP contribution >= 0.6 is 0 Å². The van der Waals surface area contributed by atoms with Crippen molar-refractivity contribution in [2.75, 3.05) is 0 Å². The van der Waals surface area contributed by atoms with Crippen molar-refractivity contribution in [3.05, 3.63) is 119 Å². The van der Waals surface area contributed by atoms with Crippen molar-refractivity contribution in [2.45, 2.75) is 0 Å². The Morgan fingerprint density at radius 3 is 1.28 bits per heavy atom. The fourth-order valence-electron chi connectivity index (χ4n) is 6.39. The van der Waals surface area contributed by atoms with Crippen molar-refractivity contribution in [1.29, 1.82) is 0 Å². The summed E-state index contributed by atoms with van der Waals surface area (Å²) in [6, 6.07) is 33.2. The lowest BCUT2D eigenvalue weighted by Crippen LogP contribution is -2.37. The summed E-state index contributed by atoms with van der Waals surface area (Å²) in [5.41, 5.74) is 8.07. The average Bonchev–Trinajstić information content (AvgIpc) is 2.93. The minimum atomic E-state index is -0.698. The summed E-state index contributed by atoms with van der Waals surface area (Å²) in [5.74, 6) is 0. The monoisotopic (exact) mass is 458 g/mol. The minimum absolute atomic E-state index is 0.698. The van der Waals surface area contributed by atoms with Crippen LogP contribution in [-0.4, -0.2) is 23.9 Å². The molecule has 0 aromatic heterocycles. The van der Waals surface area contributed by atoms with E-state index in [-0.39, 0.29) is 0 Å². The molecule has 2 nitrogen and oxygen atoms in total. The van der Waals surface area contributed by atoms with Crippen LogP contribution in [0.2, 0.25) is 0 Å². The van der Waals surface area contributed by atoms with E-state index < -0.39 is 13.8 Å². The largest absolute Gasteiger partial charge is 0.443 e. The number of benzene rings is 6. The molecule has 2 aliphatic heterocycles. The molecule has 166 valence electrons. The van der Waals surface area contributed by atoms with Crippen LogP contribution in [0.1, 0.15) is 22.3 Å². The molecule has 0 aliphatic carbocycles. The Bertz CT molecular complexity index is 1770. The first-order valence-electron chi connectivity index (χ1n) is 12.4. The van der Waals surface area contributed by atoms with Gasteiger partial charge in [0.05, 0.1) is 0 Å². The molecule has 6 aromatic carbocycles. The molecule has 8 rings (SSSR count). The second kappa shape index (κ2) is 7.20. The number of rotatable bonds is 2. The zero-order chi connectivity index (χ0) is 24.0. The topological polar surface area (TPSA) is 40.5 Å². The Hall–Kier alpha value is -4.11. The van der Waals surface area contributed by atoms with Gasteiger partial charge in [-0.3, -0.25) is 0 Å². The van der Waals surface area contributed by atoms with Crippen LogP contribution < -0.4 is 10.9 Å². The SMILES string of the molecule is OB1C(c2ccccc2)=Cc2ccc3cc4c5c(ccc6cc1c2c3c65)C=C(c1ccccc1)B4O. The van der Waals surface area contributed by atoms with Gasteiger partial charge in [0.15, 0.2) is 0 Å². The third-order valence-corrected chi connectivity index (χ3v) is 8.00. The van der Waals surface area contributed by atoms with Gasteiger partial charge in [-0.25, -0.2) is 0 Å². The molecule has 4 heteroatoms. The Balaban J connectivity index is 1.46. The van der Waals surface area contributed by atoms with Crippen LogP contribution in [0.3, 0.4) is 0 Å². The molecule has 0 fully saturated rings. The van der Waals surface area contributed by atoms with Crippen molar-refractivity contribution in [3.8, 4) is 0 Å². The van der Waals surface area contributed by atoms with Crippen molar-refractivity contribution in [2.24, 2.45) is 0 Å². The molecule has 0 saturated heterocycles. The first-order chi connectivity index (χ1) is 17.7. The van der Waals surface area contributed by atoms with E-state index in [9.17, 15) is 10.0 Å². The molecule has 0 amide bonds. The third kappa shape index (κ3) is 2.60.